The lowest BCUT2D eigenvalue weighted by Crippen LogP contribution is -2.36. The third-order valence-electron chi connectivity index (χ3n) is 3.57. The van der Waals surface area contributed by atoms with Crippen LogP contribution in [0, 0.1) is 6.92 Å². The van der Waals surface area contributed by atoms with Crippen molar-refractivity contribution >= 4 is 11.7 Å². The number of hydrogen-bond donors (Lipinski definition) is 0. The van der Waals surface area contributed by atoms with Crippen LogP contribution in [0.2, 0.25) is 0 Å². The topological polar surface area (TPSA) is 38.1 Å². The van der Waals surface area contributed by atoms with Crippen LogP contribution in [0.3, 0.4) is 0 Å². The van der Waals surface area contributed by atoms with Crippen LogP contribution in [0.15, 0.2) is 30.5 Å². The molecule has 2 aromatic rings. The molecule has 4 nitrogen and oxygen atoms in total. The van der Waals surface area contributed by atoms with Gasteiger partial charge in [0, 0.05) is 24.7 Å². The van der Waals surface area contributed by atoms with E-state index in [0.29, 0.717) is 0 Å². The molecule has 0 saturated heterocycles. The Morgan fingerprint density at radius 1 is 1.37 bits per heavy atom. The smallest absolute Gasteiger partial charge is 0.259 e. The van der Waals surface area contributed by atoms with Crippen molar-refractivity contribution in [1.29, 1.82) is 0 Å². The predicted octanol–water partition coefficient (Wildman–Crippen LogP) is 2.32. The first-order valence-electron chi connectivity index (χ1n) is 6.56. The summed E-state index contributed by atoms with van der Waals surface area (Å²) in [7, 11) is 1.89. The Labute approximate surface area is 112 Å². The molecule has 0 spiro atoms. The van der Waals surface area contributed by atoms with E-state index in [1.165, 1.54) is 0 Å². The SMILES string of the molecule is Cc1cccc(C(=O)N2CCCc3cnn(C)c32)c1. The Kier molecular flexibility index (Phi) is 2.85. The molecule has 1 amide bonds. The van der Waals surface area contributed by atoms with Crippen molar-refractivity contribution in [2.24, 2.45) is 7.05 Å². The summed E-state index contributed by atoms with van der Waals surface area (Å²) in [6, 6.07) is 7.74. The summed E-state index contributed by atoms with van der Waals surface area (Å²) in [5, 5.41) is 4.26. The number of aryl methyl sites for hydroxylation is 3. The van der Waals surface area contributed by atoms with Crippen molar-refractivity contribution < 1.29 is 4.79 Å². The lowest BCUT2D eigenvalue weighted by molar-refractivity contribution is 0.0983. The van der Waals surface area contributed by atoms with Crippen LogP contribution < -0.4 is 4.90 Å². The highest BCUT2D eigenvalue weighted by atomic mass is 16.2. The summed E-state index contributed by atoms with van der Waals surface area (Å²) in [6.45, 7) is 2.77. The molecule has 1 aliphatic heterocycles. The zero-order chi connectivity index (χ0) is 13.4. The molecule has 0 radical (unpaired) electrons. The number of carbonyl (C=O) groups is 1. The molecule has 1 aromatic carbocycles. The molecule has 1 aromatic heterocycles. The van der Waals surface area contributed by atoms with Crippen LogP contribution in [-0.2, 0) is 13.5 Å². The highest BCUT2D eigenvalue weighted by Crippen LogP contribution is 2.27. The van der Waals surface area contributed by atoms with Crippen molar-refractivity contribution in [2.45, 2.75) is 19.8 Å². The normalized spacial score (nSPS) is 14.3. The fourth-order valence-electron chi connectivity index (χ4n) is 2.67. The van der Waals surface area contributed by atoms with E-state index in [0.717, 1.165) is 41.9 Å². The van der Waals surface area contributed by atoms with E-state index >= 15 is 0 Å². The molecule has 1 aliphatic rings. The molecular formula is C15H17N3O. The van der Waals surface area contributed by atoms with Gasteiger partial charge in [-0.05, 0) is 31.9 Å². The third-order valence-corrected chi connectivity index (χ3v) is 3.57. The van der Waals surface area contributed by atoms with Gasteiger partial charge in [0.1, 0.15) is 5.82 Å². The largest absolute Gasteiger partial charge is 0.293 e. The van der Waals surface area contributed by atoms with Gasteiger partial charge < -0.3 is 0 Å². The maximum atomic E-state index is 12.6. The molecule has 19 heavy (non-hydrogen) atoms. The molecule has 3 rings (SSSR count). The molecule has 98 valence electrons. The van der Waals surface area contributed by atoms with Crippen LogP contribution in [0.25, 0.3) is 0 Å². The van der Waals surface area contributed by atoms with Crippen molar-refractivity contribution in [2.75, 3.05) is 11.4 Å². The summed E-state index contributed by atoms with van der Waals surface area (Å²) < 4.78 is 1.79. The second kappa shape index (κ2) is 4.53. The number of hydrogen-bond acceptors (Lipinski definition) is 2. The number of aromatic nitrogens is 2. The van der Waals surface area contributed by atoms with Crippen LogP contribution in [0.4, 0.5) is 5.82 Å². The molecule has 0 atom stereocenters. The van der Waals surface area contributed by atoms with Crippen molar-refractivity contribution in [1.82, 2.24) is 9.78 Å². The fraction of sp³-hybridized carbons (Fsp3) is 0.333. The number of nitrogens with zero attached hydrogens (tertiary/aromatic N) is 3. The number of amides is 1. The Balaban J connectivity index is 1.99. The van der Waals surface area contributed by atoms with Gasteiger partial charge in [-0.25, -0.2) is 0 Å². The Bertz CT molecular complexity index is 630. The number of benzene rings is 1. The standard InChI is InChI=1S/C15H17N3O/c1-11-5-3-6-12(9-11)15(19)18-8-4-7-13-10-16-17(2)14(13)18/h3,5-6,9-10H,4,7-8H2,1-2H3. The first kappa shape index (κ1) is 12.0. The first-order chi connectivity index (χ1) is 9.16. The minimum Gasteiger partial charge on any atom is -0.293 e. The molecule has 4 heteroatoms. The zero-order valence-corrected chi connectivity index (χ0v) is 11.3. The number of fused-ring (bicyclic) bond motifs is 1. The third kappa shape index (κ3) is 2.03. The van der Waals surface area contributed by atoms with E-state index in [4.69, 9.17) is 0 Å². The highest BCUT2D eigenvalue weighted by Gasteiger charge is 2.26. The summed E-state index contributed by atoms with van der Waals surface area (Å²) in [5.41, 5.74) is 3.01. The van der Waals surface area contributed by atoms with E-state index in [9.17, 15) is 4.79 Å². The van der Waals surface area contributed by atoms with Crippen LogP contribution in [0.5, 0.6) is 0 Å². The lowest BCUT2D eigenvalue weighted by atomic mass is 10.1. The quantitative estimate of drug-likeness (QED) is 0.784. The van der Waals surface area contributed by atoms with Gasteiger partial charge in [0.25, 0.3) is 5.91 Å². The molecule has 0 N–H and O–H groups in total. The second-order valence-electron chi connectivity index (χ2n) is 5.05. The summed E-state index contributed by atoms with van der Waals surface area (Å²) in [4.78, 5) is 14.5. The molecule has 0 aliphatic carbocycles. The number of anilines is 1. The summed E-state index contributed by atoms with van der Waals surface area (Å²) in [5.74, 6) is 1.01. The van der Waals surface area contributed by atoms with Gasteiger partial charge in [0.05, 0.1) is 6.20 Å². The second-order valence-corrected chi connectivity index (χ2v) is 5.05. The molecule has 2 heterocycles. The Morgan fingerprint density at radius 2 is 2.21 bits per heavy atom. The van der Waals surface area contributed by atoms with Gasteiger partial charge in [-0.3, -0.25) is 14.4 Å². The van der Waals surface area contributed by atoms with Gasteiger partial charge in [0.2, 0.25) is 0 Å². The minimum atomic E-state index is 0.0632. The molecule has 0 saturated carbocycles. The van der Waals surface area contributed by atoms with Gasteiger partial charge in [-0.15, -0.1) is 0 Å². The molecule has 0 fully saturated rings. The lowest BCUT2D eigenvalue weighted by Gasteiger charge is -2.27. The zero-order valence-electron chi connectivity index (χ0n) is 11.3. The van der Waals surface area contributed by atoms with Gasteiger partial charge in [-0.2, -0.15) is 5.10 Å². The van der Waals surface area contributed by atoms with Gasteiger partial charge in [-0.1, -0.05) is 17.7 Å². The van der Waals surface area contributed by atoms with Crippen molar-refractivity contribution in [3.8, 4) is 0 Å². The number of carbonyl (C=O) groups excluding carboxylic acids is 1. The summed E-state index contributed by atoms with van der Waals surface area (Å²) >= 11 is 0. The van der Waals surface area contributed by atoms with Gasteiger partial charge >= 0.3 is 0 Å². The fourth-order valence-corrected chi connectivity index (χ4v) is 2.67. The summed E-state index contributed by atoms with van der Waals surface area (Å²) in [6.07, 6.45) is 3.86. The molecular weight excluding hydrogens is 238 g/mol. The van der Waals surface area contributed by atoms with E-state index in [1.54, 1.807) is 4.68 Å². The van der Waals surface area contributed by atoms with Gasteiger partial charge in [0.15, 0.2) is 0 Å². The maximum Gasteiger partial charge on any atom is 0.259 e. The Hall–Kier alpha value is -2.10. The average Bonchev–Trinajstić information content (AvgIpc) is 2.80. The minimum absolute atomic E-state index is 0.0632. The average molecular weight is 255 g/mol. The van der Waals surface area contributed by atoms with Crippen LogP contribution >= 0.6 is 0 Å². The van der Waals surface area contributed by atoms with E-state index in [-0.39, 0.29) is 5.91 Å². The van der Waals surface area contributed by atoms with E-state index in [1.807, 2.05) is 49.3 Å². The predicted molar refractivity (Wildman–Crippen MR) is 74.4 cm³/mol. The van der Waals surface area contributed by atoms with Crippen LogP contribution in [-0.4, -0.2) is 22.2 Å². The Morgan fingerprint density at radius 3 is 3.00 bits per heavy atom. The van der Waals surface area contributed by atoms with Crippen molar-refractivity contribution in [3.05, 3.63) is 47.2 Å². The highest BCUT2D eigenvalue weighted by molar-refractivity contribution is 6.06. The monoisotopic (exact) mass is 255 g/mol. The molecule has 0 bridgehead atoms. The van der Waals surface area contributed by atoms with Crippen molar-refractivity contribution in [3.63, 3.8) is 0 Å². The molecule has 0 unspecified atom stereocenters. The van der Waals surface area contributed by atoms with E-state index < -0.39 is 0 Å². The van der Waals surface area contributed by atoms with Crippen LogP contribution in [0.1, 0.15) is 27.9 Å². The maximum absolute atomic E-state index is 12.6. The number of rotatable bonds is 1. The van der Waals surface area contributed by atoms with E-state index in [2.05, 4.69) is 5.10 Å². The first-order valence-corrected chi connectivity index (χ1v) is 6.56.